The molecule has 1 aromatic rings. The van der Waals surface area contributed by atoms with Crippen LogP contribution in [-0.4, -0.2) is 25.6 Å². The number of carbonyl (C=O) groups is 1. The Labute approximate surface area is 104 Å². The summed E-state index contributed by atoms with van der Waals surface area (Å²) in [6, 6.07) is 5.80. The molecular weight excluding hydrogens is 242 g/mol. The highest BCUT2D eigenvalue weighted by atomic mass is 19.3. The number of hydrogen-bond donors (Lipinski definition) is 2. The summed E-state index contributed by atoms with van der Waals surface area (Å²) >= 11 is 0. The van der Waals surface area contributed by atoms with Crippen LogP contribution >= 0.6 is 0 Å². The highest BCUT2D eigenvalue weighted by molar-refractivity contribution is 5.90. The van der Waals surface area contributed by atoms with Gasteiger partial charge in [-0.1, -0.05) is 6.92 Å². The van der Waals surface area contributed by atoms with Gasteiger partial charge in [0.05, 0.1) is 0 Å². The van der Waals surface area contributed by atoms with Crippen LogP contribution in [0.3, 0.4) is 0 Å². The fraction of sp³-hybridized carbons (Fsp3) is 0.417. The van der Waals surface area contributed by atoms with Crippen LogP contribution in [0.5, 0.6) is 5.75 Å². The van der Waals surface area contributed by atoms with E-state index >= 15 is 0 Å². The number of carbonyl (C=O) groups excluding carboxylic acids is 1. The first-order valence-electron chi connectivity index (χ1n) is 5.67. The lowest BCUT2D eigenvalue weighted by Crippen LogP contribution is -2.21. The minimum atomic E-state index is -2.84. The number of amides is 1. The van der Waals surface area contributed by atoms with Gasteiger partial charge in [-0.2, -0.15) is 8.78 Å². The van der Waals surface area contributed by atoms with Crippen LogP contribution in [0.1, 0.15) is 13.3 Å². The van der Waals surface area contributed by atoms with Crippen LogP contribution < -0.4 is 15.4 Å². The topological polar surface area (TPSA) is 50.4 Å². The van der Waals surface area contributed by atoms with Crippen LogP contribution in [-0.2, 0) is 4.79 Å². The fourth-order valence-corrected chi connectivity index (χ4v) is 1.32. The second-order valence-electron chi connectivity index (χ2n) is 3.55. The predicted octanol–water partition coefficient (Wildman–Crippen LogP) is 2.23. The highest BCUT2D eigenvalue weighted by Gasteiger charge is 2.05. The number of alkyl halides is 2. The summed E-state index contributed by atoms with van der Waals surface area (Å²) in [6.07, 6.45) is 0.364. The Morgan fingerprint density at radius 1 is 1.33 bits per heavy atom. The van der Waals surface area contributed by atoms with Gasteiger partial charge >= 0.3 is 6.61 Å². The molecule has 0 atom stereocenters. The van der Waals surface area contributed by atoms with Crippen LogP contribution in [0.2, 0.25) is 0 Å². The van der Waals surface area contributed by atoms with Gasteiger partial charge in [0.1, 0.15) is 5.75 Å². The highest BCUT2D eigenvalue weighted by Crippen LogP contribution is 2.17. The summed E-state index contributed by atoms with van der Waals surface area (Å²) in [4.78, 5) is 11.4. The van der Waals surface area contributed by atoms with Crippen molar-refractivity contribution in [1.29, 1.82) is 0 Å². The molecule has 1 aromatic carbocycles. The van der Waals surface area contributed by atoms with Crippen molar-refractivity contribution in [1.82, 2.24) is 5.32 Å². The van der Waals surface area contributed by atoms with Crippen molar-refractivity contribution in [2.75, 3.05) is 18.4 Å². The van der Waals surface area contributed by atoms with Crippen molar-refractivity contribution in [3.05, 3.63) is 24.3 Å². The summed E-state index contributed by atoms with van der Waals surface area (Å²) in [5.74, 6) is -0.0610. The molecule has 0 fully saturated rings. The first-order valence-corrected chi connectivity index (χ1v) is 5.67. The summed E-state index contributed by atoms with van der Waals surface area (Å²) in [7, 11) is 0. The third-order valence-electron chi connectivity index (χ3n) is 2.14. The Morgan fingerprint density at radius 3 is 2.56 bits per heavy atom. The van der Waals surface area contributed by atoms with E-state index in [9.17, 15) is 13.6 Å². The van der Waals surface area contributed by atoms with Crippen LogP contribution in [0.15, 0.2) is 24.3 Å². The van der Waals surface area contributed by atoms with Crippen molar-refractivity contribution in [2.24, 2.45) is 0 Å². The molecule has 1 amide bonds. The maximum Gasteiger partial charge on any atom is 0.387 e. The summed E-state index contributed by atoms with van der Waals surface area (Å²) in [6.45, 7) is 0.534. The van der Waals surface area contributed by atoms with Gasteiger partial charge in [-0.05, 0) is 30.8 Å². The second kappa shape index (κ2) is 7.60. The second-order valence-corrected chi connectivity index (χ2v) is 3.55. The maximum absolute atomic E-state index is 11.9. The van der Waals surface area contributed by atoms with Crippen LogP contribution in [0.4, 0.5) is 14.5 Å². The Kier molecular flexibility index (Phi) is 6.07. The third kappa shape index (κ3) is 5.58. The number of ether oxygens (including phenoxy) is 1. The molecule has 0 aliphatic rings. The van der Waals surface area contributed by atoms with E-state index in [1.807, 2.05) is 6.92 Å². The SMILES string of the molecule is CCNCCC(=O)Nc1ccc(OC(F)F)cc1. The van der Waals surface area contributed by atoms with E-state index in [-0.39, 0.29) is 11.7 Å². The lowest BCUT2D eigenvalue weighted by atomic mass is 10.3. The average molecular weight is 258 g/mol. The largest absolute Gasteiger partial charge is 0.435 e. The smallest absolute Gasteiger partial charge is 0.387 e. The van der Waals surface area contributed by atoms with Crippen molar-refractivity contribution < 1.29 is 18.3 Å². The molecule has 0 aromatic heterocycles. The lowest BCUT2D eigenvalue weighted by Gasteiger charge is -2.07. The average Bonchev–Trinajstić information content (AvgIpc) is 2.31. The zero-order chi connectivity index (χ0) is 13.4. The molecule has 100 valence electrons. The zero-order valence-electron chi connectivity index (χ0n) is 10.1. The van der Waals surface area contributed by atoms with Gasteiger partial charge in [-0.25, -0.2) is 0 Å². The number of benzene rings is 1. The molecule has 2 N–H and O–H groups in total. The predicted molar refractivity (Wildman–Crippen MR) is 64.9 cm³/mol. The molecule has 1 rings (SSSR count). The van der Waals surface area contributed by atoms with Gasteiger partial charge in [0.2, 0.25) is 5.91 Å². The van der Waals surface area contributed by atoms with E-state index in [0.717, 1.165) is 6.54 Å². The number of nitrogens with one attached hydrogen (secondary N) is 2. The monoisotopic (exact) mass is 258 g/mol. The van der Waals surface area contributed by atoms with E-state index in [0.29, 0.717) is 18.7 Å². The fourth-order valence-electron chi connectivity index (χ4n) is 1.32. The van der Waals surface area contributed by atoms with Gasteiger partial charge in [0.15, 0.2) is 0 Å². The molecule has 0 heterocycles. The minimum absolute atomic E-state index is 0.0654. The molecule has 0 aliphatic carbocycles. The number of anilines is 1. The number of hydrogen-bond acceptors (Lipinski definition) is 3. The lowest BCUT2D eigenvalue weighted by molar-refractivity contribution is -0.116. The molecule has 0 radical (unpaired) electrons. The molecule has 0 unspecified atom stereocenters. The molecule has 0 spiro atoms. The van der Waals surface area contributed by atoms with E-state index in [1.165, 1.54) is 24.3 Å². The Balaban J connectivity index is 2.40. The van der Waals surface area contributed by atoms with Crippen molar-refractivity contribution in [2.45, 2.75) is 20.0 Å². The molecule has 0 aliphatic heterocycles. The van der Waals surface area contributed by atoms with Crippen molar-refractivity contribution in [3.8, 4) is 5.75 Å². The first kappa shape index (κ1) is 14.4. The van der Waals surface area contributed by atoms with E-state index < -0.39 is 6.61 Å². The maximum atomic E-state index is 11.9. The van der Waals surface area contributed by atoms with Gasteiger partial charge in [0, 0.05) is 18.7 Å². The van der Waals surface area contributed by atoms with Gasteiger partial charge in [-0.3, -0.25) is 4.79 Å². The molecular formula is C12H16F2N2O2. The quantitative estimate of drug-likeness (QED) is 0.737. The van der Waals surface area contributed by atoms with Gasteiger partial charge in [-0.15, -0.1) is 0 Å². The first-order chi connectivity index (χ1) is 8.61. The van der Waals surface area contributed by atoms with Gasteiger partial charge < -0.3 is 15.4 Å². The van der Waals surface area contributed by atoms with E-state index in [2.05, 4.69) is 15.4 Å². The molecule has 6 heteroatoms. The Morgan fingerprint density at radius 2 is 2.00 bits per heavy atom. The molecule has 0 saturated heterocycles. The Bertz CT molecular complexity index is 369. The van der Waals surface area contributed by atoms with Crippen LogP contribution in [0, 0.1) is 0 Å². The molecule has 0 bridgehead atoms. The zero-order valence-corrected chi connectivity index (χ0v) is 10.1. The van der Waals surface area contributed by atoms with E-state index in [4.69, 9.17) is 0 Å². The summed E-state index contributed by atoms with van der Waals surface area (Å²) in [5.41, 5.74) is 0.554. The number of rotatable bonds is 7. The summed E-state index contributed by atoms with van der Waals surface area (Å²) < 4.78 is 28.0. The third-order valence-corrected chi connectivity index (χ3v) is 2.14. The standard InChI is InChI=1S/C12H16F2N2O2/c1-2-15-8-7-11(17)16-9-3-5-10(6-4-9)18-12(13)14/h3-6,12,15H,2,7-8H2,1H3,(H,16,17). The van der Waals surface area contributed by atoms with Crippen molar-refractivity contribution >= 4 is 11.6 Å². The van der Waals surface area contributed by atoms with Crippen LogP contribution in [0.25, 0.3) is 0 Å². The van der Waals surface area contributed by atoms with Crippen molar-refractivity contribution in [3.63, 3.8) is 0 Å². The number of halogens is 2. The Hall–Kier alpha value is -1.69. The van der Waals surface area contributed by atoms with Gasteiger partial charge in [0.25, 0.3) is 0 Å². The normalized spacial score (nSPS) is 10.4. The minimum Gasteiger partial charge on any atom is -0.435 e. The molecule has 18 heavy (non-hydrogen) atoms. The molecule has 0 saturated carbocycles. The molecule has 4 nitrogen and oxygen atoms in total. The summed E-state index contributed by atoms with van der Waals surface area (Å²) in [5, 5.41) is 5.69. The van der Waals surface area contributed by atoms with E-state index in [1.54, 1.807) is 0 Å².